The first kappa shape index (κ1) is 21.7. The highest BCUT2D eigenvalue weighted by molar-refractivity contribution is 5.91. The van der Waals surface area contributed by atoms with Gasteiger partial charge in [-0.05, 0) is 12.1 Å². The fourth-order valence-corrected chi connectivity index (χ4v) is 3.19. The molecular formula is C22H21N5O6. The summed E-state index contributed by atoms with van der Waals surface area (Å²) in [6.07, 6.45) is 2.88. The number of carbonyl (C=O) groups excluding carboxylic acids is 1. The maximum atomic E-state index is 12.7. The predicted molar refractivity (Wildman–Crippen MR) is 118 cm³/mol. The van der Waals surface area contributed by atoms with Crippen molar-refractivity contribution < 1.29 is 23.7 Å². The van der Waals surface area contributed by atoms with E-state index in [2.05, 4.69) is 15.4 Å². The van der Waals surface area contributed by atoms with Gasteiger partial charge in [0.2, 0.25) is 17.3 Å². The van der Waals surface area contributed by atoms with Gasteiger partial charge < -0.3 is 24.3 Å². The lowest BCUT2D eigenvalue weighted by Crippen LogP contribution is -2.28. The van der Waals surface area contributed by atoms with Gasteiger partial charge in [0, 0.05) is 30.2 Å². The van der Waals surface area contributed by atoms with Crippen LogP contribution in [0.5, 0.6) is 28.9 Å². The number of nitrogens with one attached hydrogen (secondary N) is 1. The van der Waals surface area contributed by atoms with E-state index in [1.807, 2.05) is 18.2 Å². The third-order valence-corrected chi connectivity index (χ3v) is 4.67. The molecule has 170 valence electrons. The van der Waals surface area contributed by atoms with E-state index < -0.39 is 11.6 Å². The van der Waals surface area contributed by atoms with Crippen LogP contribution in [0.25, 0.3) is 5.65 Å². The molecule has 2 aromatic heterocycles. The predicted octanol–water partition coefficient (Wildman–Crippen LogP) is 2.35. The second-order valence-electron chi connectivity index (χ2n) is 6.74. The molecule has 0 radical (unpaired) electrons. The maximum absolute atomic E-state index is 12.7. The lowest BCUT2D eigenvalue weighted by molar-refractivity contribution is -0.117. The van der Waals surface area contributed by atoms with Crippen molar-refractivity contribution in [1.29, 1.82) is 0 Å². The van der Waals surface area contributed by atoms with Crippen LogP contribution >= 0.6 is 0 Å². The number of carbonyl (C=O) groups is 1. The van der Waals surface area contributed by atoms with Gasteiger partial charge in [-0.1, -0.05) is 18.2 Å². The molecule has 2 aromatic carbocycles. The Morgan fingerprint density at radius 3 is 2.36 bits per heavy atom. The van der Waals surface area contributed by atoms with Crippen LogP contribution < -0.4 is 30.0 Å². The summed E-state index contributed by atoms with van der Waals surface area (Å²) in [5, 5.41) is 6.94. The number of aromatic nitrogens is 4. The van der Waals surface area contributed by atoms with E-state index in [1.54, 1.807) is 24.3 Å². The Kier molecular flexibility index (Phi) is 6.11. The summed E-state index contributed by atoms with van der Waals surface area (Å²) < 4.78 is 23.9. The number of para-hydroxylation sites is 1. The second kappa shape index (κ2) is 9.30. The lowest BCUT2D eigenvalue weighted by Gasteiger charge is -2.14. The van der Waals surface area contributed by atoms with E-state index in [4.69, 9.17) is 18.9 Å². The smallest absolute Gasteiger partial charge is 0.351 e. The van der Waals surface area contributed by atoms with Crippen LogP contribution in [0.4, 0.5) is 5.69 Å². The molecule has 0 saturated heterocycles. The number of amides is 1. The number of ether oxygens (including phenoxy) is 4. The highest BCUT2D eigenvalue weighted by atomic mass is 16.5. The Morgan fingerprint density at radius 2 is 1.73 bits per heavy atom. The molecule has 0 saturated carbocycles. The molecule has 0 aliphatic carbocycles. The van der Waals surface area contributed by atoms with Crippen molar-refractivity contribution in [3.8, 4) is 28.9 Å². The van der Waals surface area contributed by atoms with Crippen molar-refractivity contribution in [2.24, 2.45) is 0 Å². The first-order chi connectivity index (χ1) is 16.0. The molecule has 0 spiro atoms. The fraction of sp³-hybridized carbons (Fsp3) is 0.182. The molecule has 0 atom stereocenters. The molecule has 0 fully saturated rings. The largest absolute Gasteiger partial charge is 0.493 e. The molecule has 1 N–H and O–H groups in total. The average molecular weight is 451 g/mol. The minimum atomic E-state index is -0.509. The van der Waals surface area contributed by atoms with Gasteiger partial charge in [-0.25, -0.2) is 18.9 Å². The normalized spacial score (nSPS) is 10.6. The summed E-state index contributed by atoms with van der Waals surface area (Å²) in [4.78, 5) is 29.6. The fourth-order valence-electron chi connectivity index (χ4n) is 3.19. The first-order valence-corrected chi connectivity index (χ1v) is 9.81. The number of nitrogens with zero attached hydrogens (tertiary/aromatic N) is 4. The minimum absolute atomic E-state index is 0.143. The van der Waals surface area contributed by atoms with Crippen molar-refractivity contribution in [2.75, 3.05) is 26.6 Å². The van der Waals surface area contributed by atoms with Crippen molar-refractivity contribution in [1.82, 2.24) is 19.2 Å². The van der Waals surface area contributed by atoms with Crippen molar-refractivity contribution >= 4 is 17.2 Å². The van der Waals surface area contributed by atoms with Gasteiger partial charge in [0.25, 0.3) is 5.88 Å². The SMILES string of the molecule is COc1cc(NC(=O)Cn2nc3c(Oc4ccccc4)nccn3c2=O)cc(OC)c1OC. The van der Waals surface area contributed by atoms with E-state index >= 15 is 0 Å². The Balaban J connectivity index is 1.58. The van der Waals surface area contributed by atoms with Gasteiger partial charge in [-0.2, -0.15) is 0 Å². The van der Waals surface area contributed by atoms with Crippen LogP contribution in [0.1, 0.15) is 0 Å². The topological polar surface area (TPSA) is 118 Å². The number of fused-ring (bicyclic) bond motifs is 1. The number of methoxy groups -OCH3 is 3. The van der Waals surface area contributed by atoms with Gasteiger partial charge in [-0.15, -0.1) is 5.10 Å². The molecule has 11 nitrogen and oxygen atoms in total. The van der Waals surface area contributed by atoms with E-state index in [0.717, 1.165) is 4.68 Å². The summed E-state index contributed by atoms with van der Waals surface area (Å²) in [6, 6.07) is 12.2. The summed E-state index contributed by atoms with van der Waals surface area (Å²) in [5.74, 6) is 1.36. The van der Waals surface area contributed by atoms with Gasteiger partial charge in [-0.3, -0.25) is 4.79 Å². The van der Waals surface area contributed by atoms with Crippen LogP contribution in [0.3, 0.4) is 0 Å². The second-order valence-corrected chi connectivity index (χ2v) is 6.74. The molecule has 4 rings (SSSR count). The Morgan fingerprint density at radius 1 is 1.03 bits per heavy atom. The quantitative estimate of drug-likeness (QED) is 0.434. The van der Waals surface area contributed by atoms with E-state index in [1.165, 1.54) is 38.1 Å². The molecule has 1 amide bonds. The lowest BCUT2D eigenvalue weighted by atomic mass is 10.2. The molecule has 2 heterocycles. The maximum Gasteiger partial charge on any atom is 0.351 e. The third kappa shape index (κ3) is 4.42. The van der Waals surface area contributed by atoms with Crippen LogP contribution in [-0.4, -0.2) is 46.4 Å². The van der Waals surface area contributed by atoms with E-state index in [-0.39, 0.29) is 18.1 Å². The summed E-state index contributed by atoms with van der Waals surface area (Å²) in [6.45, 7) is -0.331. The van der Waals surface area contributed by atoms with Gasteiger partial charge >= 0.3 is 5.69 Å². The minimum Gasteiger partial charge on any atom is -0.493 e. The number of rotatable bonds is 8. The molecule has 33 heavy (non-hydrogen) atoms. The zero-order valence-electron chi connectivity index (χ0n) is 18.1. The van der Waals surface area contributed by atoms with Crippen molar-refractivity contribution in [3.05, 3.63) is 65.3 Å². The number of anilines is 1. The number of hydrogen-bond acceptors (Lipinski definition) is 8. The first-order valence-electron chi connectivity index (χ1n) is 9.81. The molecule has 0 aliphatic heterocycles. The number of benzene rings is 2. The molecule has 0 aliphatic rings. The van der Waals surface area contributed by atoms with Gasteiger partial charge in [0.1, 0.15) is 12.3 Å². The summed E-state index contributed by atoms with van der Waals surface area (Å²) in [5.41, 5.74) is 0.0818. The molecule has 0 bridgehead atoms. The van der Waals surface area contributed by atoms with Gasteiger partial charge in [0.15, 0.2) is 11.5 Å². The molecule has 11 heteroatoms. The highest BCUT2D eigenvalue weighted by Crippen LogP contribution is 2.39. The highest BCUT2D eigenvalue weighted by Gasteiger charge is 2.18. The standard InChI is InChI=1S/C22H21N5O6/c1-30-16-11-14(12-17(31-2)19(16)32-3)24-18(28)13-27-22(29)26-10-9-23-21(20(26)25-27)33-15-7-5-4-6-8-15/h4-12H,13H2,1-3H3,(H,24,28). The van der Waals surface area contributed by atoms with Gasteiger partial charge in [0.05, 0.1) is 21.3 Å². The third-order valence-electron chi connectivity index (χ3n) is 4.67. The molecular weight excluding hydrogens is 430 g/mol. The Hall–Kier alpha value is -4.54. The monoisotopic (exact) mass is 451 g/mol. The zero-order valence-corrected chi connectivity index (χ0v) is 18.1. The average Bonchev–Trinajstić information content (AvgIpc) is 3.15. The molecule has 4 aromatic rings. The zero-order chi connectivity index (χ0) is 23.4. The Bertz CT molecular complexity index is 1320. The summed E-state index contributed by atoms with van der Waals surface area (Å²) in [7, 11) is 4.43. The van der Waals surface area contributed by atoms with E-state index in [9.17, 15) is 9.59 Å². The van der Waals surface area contributed by atoms with Crippen LogP contribution in [0.2, 0.25) is 0 Å². The Labute approximate surface area is 188 Å². The van der Waals surface area contributed by atoms with Crippen LogP contribution in [0, 0.1) is 0 Å². The number of hydrogen-bond donors (Lipinski definition) is 1. The van der Waals surface area contributed by atoms with Crippen LogP contribution in [-0.2, 0) is 11.3 Å². The molecule has 0 unspecified atom stereocenters. The summed E-state index contributed by atoms with van der Waals surface area (Å²) >= 11 is 0. The van der Waals surface area contributed by atoms with Crippen molar-refractivity contribution in [2.45, 2.75) is 6.54 Å². The van der Waals surface area contributed by atoms with E-state index in [0.29, 0.717) is 28.7 Å². The van der Waals surface area contributed by atoms with Crippen molar-refractivity contribution in [3.63, 3.8) is 0 Å². The van der Waals surface area contributed by atoms with Crippen LogP contribution in [0.15, 0.2) is 59.7 Å².